The lowest BCUT2D eigenvalue weighted by Gasteiger charge is -2.37. The van der Waals surface area contributed by atoms with E-state index in [0.29, 0.717) is 18.6 Å². The van der Waals surface area contributed by atoms with E-state index in [0.717, 1.165) is 11.3 Å². The Kier molecular flexibility index (Phi) is 3.41. The van der Waals surface area contributed by atoms with Gasteiger partial charge in [-0.2, -0.15) is 0 Å². The van der Waals surface area contributed by atoms with Crippen molar-refractivity contribution in [3.63, 3.8) is 0 Å². The molecule has 1 N–H and O–H groups in total. The average Bonchev–Trinajstić information content (AvgIpc) is 2.95. The summed E-state index contributed by atoms with van der Waals surface area (Å²) in [6.07, 6.45) is 4.69. The molecule has 1 heterocycles. The Bertz CT molecular complexity index is 623. The SMILES string of the molecule is CCOC(=O)c1ccc2c(c1)[C@@H]1C=CC[C@H]1[C@H](C(=O)[O-])N2. The van der Waals surface area contributed by atoms with Crippen molar-refractivity contribution < 1.29 is 19.4 Å². The van der Waals surface area contributed by atoms with E-state index in [1.165, 1.54) is 0 Å². The molecule has 1 aliphatic carbocycles. The van der Waals surface area contributed by atoms with Gasteiger partial charge < -0.3 is 20.0 Å². The summed E-state index contributed by atoms with van der Waals surface area (Å²) in [5.74, 6) is -1.52. The molecule has 2 aliphatic rings. The molecule has 1 aliphatic heterocycles. The number of esters is 1. The molecular weight excluding hydrogens is 270 g/mol. The Morgan fingerprint density at radius 2 is 2.24 bits per heavy atom. The molecule has 0 saturated carbocycles. The standard InChI is InChI=1S/C16H17NO4/c1-2-21-16(20)9-6-7-13-12(8-9)10-4-3-5-11(10)14(17-13)15(18)19/h3-4,6-8,10-11,14,17H,2,5H2,1H3,(H,18,19)/p-1/t10-,11-,14-/m1/s1. The molecule has 5 heteroatoms. The maximum Gasteiger partial charge on any atom is 0.338 e. The summed E-state index contributed by atoms with van der Waals surface area (Å²) < 4.78 is 5.01. The van der Waals surface area contributed by atoms with Gasteiger partial charge >= 0.3 is 5.97 Å². The number of rotatable bonds is 3. The third-order valence-electron chi connectivity index (χ3n) is 4.13. The van der Waals surface area contributed by atoms with E-state index in [4.69, 9.17) is 4.74 Å². The summed E-state index contributed by atoms with van der Waals surface area (Å²) in [4.78, 5) is 23.1. The predicted octanol–water partition coefficient (Wildman–Crippen LogP) is 1.07. The predicted molar refractivity (Wildman–Crippen MR) is 74.8 cm³/mol. The number of fused-ring (bicyclic) bond motifs is 3. The number of allylic oxidation sites excluding steroid dienone is 2. The third-order valence-corrected chi connectivity index (χ3v) is 4.13. The monoisotopic (exact) mass is 286 g/mol. The molecule has 3 rings (SSSR count). The van der Waals surface area contributed by atoms with Crippen LogP contribution in [0.3, 0.4) is 0 Å². The first-order valence-corrected chi connectivity index (χ1v) is 7.07. The molecule has 3 atom stereocenters. The third kappa shape index (κ3) is 2.28. The fourth-order valence-electron chi connectivity index (χ4n) is 3.17. The number of carboxylic acids is 1. The smallest absolute Gasteiger partial charge is 0.338 e. The Hall–Kier alpha value is -2.30. The van der Waals surface area contributed by atoms with Crippen LogP contribution in [-0.2, 0) is 9.53 Å². The minimum Gasteiger partial charge on any atom is -0.548 e. The number of carbonyl (C=O) groups excluding carboxylic acids is 2. The summed E-state index contributed by atoms with van der Waals surface area (Å²) >= 11 is 0. The summed E-state index contributed by atoms with van der Waals surface area (Å²) in [5, 5.41) is 14.3. The molecule has 0 unspecified atom stereocenters. The quantitative estimate of drug-likeness (QED) is 0.664. The van der Waals surface area contributed by atoms with Gasteiger partial charge in [-0.05, 0) is 43.0 Å². The van der Waals surface area contributed by atoms with Crippen molar-refractivity contribution in [1.82, 2.24) is 0 Å². The summed E-state index contributed by atoms with van der Waals surface area (Å²) in [6.45, 7) is 2.09. The zero-order valence-electron chi connectivity index (χ0n) is 11.7. The highest BCUT2D eigenvalue weighted by Gasteiger charge is 2.38. The molecule has 0 amide bonds. The van der Waals surface area contributed by atoms with Gasteiger partial charge in [-0.3, -0.25) is 0 Å². The normalized spacial score (nSPS) is 25.7. The number of nitrogens with one attached hydrogen (secondary N) is 1. The van der Waals surface area contributed by atoms with Gasteiger partial charge in [0.15, 0.2) is 0 Å². The van der Waals surface area contributed by atoms with Crippen molar-refractivity contribution in [3.05, 3.63) is 41.5 Å². The number of anilines is 1. The van der Waals surface area contributed by atoms with Crippen LogP contribution in [0.5, 0.6) is 0 Å². The van der Waals surface area contributed by atoms with E-state index >= 15 is 0 Å². The number of ether oxygens (including phenoxy) is 1. The number of carbonyl (C=O) groups is 2. The van der Waals surface area contributed by atoms with Crippen molar-refractivity contribution in [3.8, 4) is 0 Å². The van der Waals surface area contributed by atoms with Crippen LogP contribution in [-0.4, -0.2) is 24.6 Å². The second kappa shape index (κ2) is 5.24. The minimum absolute atomic E-state index is 0.00136. The Morgan fingerprint density at radius 1 is 1.43 bits per heavy atom. The van der Waals surface area contributed by atoms with Crippen LogP contribution in [0.1, 0.15) is 35.2 Å². The van der Waals surface area contributed by atoms with Gasteiger partial charge in [0.05, 0.1) is 24.2 Å². The van der Waals surface area contributed by atoms with E-state index < -0.39 is 12.0 Å². The van der Waals surface area contributed by atoms with Crippen LogP contribution in [0, 0.1) is 5.92 Å². The topological polar surface area (TPSA) is 78.5 Å². The molecule has 1 aromatic carbocycles. The maximum absolute atomic E-state index is 11.8. The van der Waals surface area contributed by atoms with Crippen LogP contribution >= 0.6 is 0 Å². The first-order valence-electron chi connectivity index (χ1n) is 7.07. The van der Waals surface area contributed by atoms with Crippen LogP contribution in [0.2, 0.25) is 0 Å². The summed E-state index contributed by atoms with van der Waals surface area (Å²) in [7, 11) is 0. The van der Waals surface area contributed by atoms with Gasteiger partial charge in [0.2, 0.25) is 0 Å². The zero-order chi connectivity index (χ0) is 15.0. The van der Waals surface area contributed by atoms with Crippen molar-refractivity contribution in [2.24, 2.45) is 5.92 Å². The summed E-state index contributed by atoms with van der Waals surface area (Å²) in [6, 6.07) is 4.47. The van der Waals surface area contributed by atoms with E-state index in [9.17, 15) is 14.7 Å². The first-order chi connectivity index (χ1) is 10.1. The Morgan fingerprint density at radius 3 is 2.95 bits per heavy atom. The minimum atomic E-state index is -1.09. The van der Waals surface area contributed by atoms with Gasteiger partial charge in [0.25, 0.3) is 0 Å². The molecule has 0 aromatic heterocycles. The number of benzene rings is 1. The fraction of sp³-hybridized carbons (Fsp3) is 0.375. The lowest BCUT2D eigenvalue weighted by atomic mass is 9.79. The van der Waals surface area contributed by atoms with Crippen LogP contribution < -0.4 is 10.4 Å². The lowest BCUT2D eigenvalue weighted by molar-refractivity contribution is -0.308. The molecule has 5 nitrogen and oxygen atoms in total. The van der Waals surface area contributed by atoms with Crippen LogP contribution in [0.4, 0.5) is 5.69 Å². The second-order valence-electron chi connectivity index (χ2n) is 5.32. The maximum atomic E-state index is 11.8. The number of hydrogen-bond donors (Lipinski definition) is 1. The van der Waals surface area contributed by atoms with Crippen molar-refractivity contribution in [1.29, 1.82) is 0 Å². The molecule has 0 radical (unpaired) electrons. The molecular formula is C16H16NO4-. The molecule has 0 fully saturated rings. The summed E-state index contributed by atoms with van der Waals surface area (Å²) in [5.41, 5.74) is 2.17. The Labute approximate surface area is 122 Å². The molecule has 1 aromatic rings. The number of hydrogen-bond acceptors (Lipinski definition) is 5. The van der Waals surface area contributed by atoms with Crippen LogP contribution in [0.15, 0.2) is 30.4 Å². The van der Waals surface area contributed by atoms with Gasteiger partial charge in [0, 0.05) is 11.6 Å². The highest BCUT2D eigenvalue weighted by molar-refractivity contribution is 5.91. The van der Waals surface area contributed by atoms with Gasteiger partial charge in [-0.1, -0.05) is 12.2 Å². The van der Waals surface area contributed by atoms with E-state index in [1.54, 1.807) is 25.1 Å². The molecule has 21 heavy (non-hydrogen) atoms. The Balaban J connectivity index is 1.99. The van der Waals surface area contributed by atoms with E-state index in [1.807, 2.05) is 12.2 Å². The van der Waals surface area contributed by atoms with Crippen molar-refractivity contribution in [2.75, 3.05) is 11.9 Å². The van der Waals surface area contributed by atoms with E-state index in [-0.39, 0.29) is 17.8 Å². The number of carboxylic acid groups (broad SMARTS) is 1. The second-order valence-corrected chi connectivity index (χ2v) is 5.32. The largest absolute Gasteiger partial charge is 0.548 e. The fourth-order valence-corrected chi connectivity index (χ4v) is 3.17. The molecule has 0 bridgehead atoms. The van der Waals surface area contributed by atoms with Gasteiger partial charge in [0.1, 0.15) is 0 Å². The highest BCUT2D eigenvalue weighted by atomic mass is 16.5. The zero-order valence-corrected chi connectivity index (χ0v) is 11.7. The average molecular weight is 286 g/mol. The van der Waals surface area contributed by atoms with Crippen LogP contribution in [0.25, 0.3) is 0 Å². The van der Waals surface area contributed by atoms with Gasteiger partial charge in [-0.15, -0.1) is 0 Å². The van der Waals surface area contributed by atoms with Gasteiger partial charge in [-0.25, -0.2) is 4.79 Å². The lowest BCUT2D eigenvalue weighted by Crippen LogP contribution is -2.48. The van der Waals surface area contributed by atoms with E-state index in [2.05, 4.69) is 5.32 Å². The molecule has 0 spiro atoms. The highest BCUT2D eigenvalue weighted by Crippen LogP contribution is 2.44. The first kappa shape index (κ1) is 13.7. The molecule has 0 saturated heterocycles. The number of aliphatic carboxylic acids is 1. The van der Waals surface area contributed by atoms with Crippen molar-refractivity contribution in [2.45, 2.75) is 25.3 Å². The molecule has 110 valence electrons. The van der Waals surface area contributed by atoms with Crippen molar-refractivity contribution >= 4 is 17.6 Å².